The topological polar surface area (TPSA) is 366 Å². The number of ether oxygens (including phenoxy) is 9. The Morgan fingerprint density at radius 3 is 1.62 bits per heavy atom. The van der Waals surface area contributed by atoms with E-state index in [-0.39, 0.29) is 35.2 Å². The molecule has 0 radical (unpaired) electrons. The normalized spacial score (nSPS) is 58.6. The molecule has 74 heavy (non-hydrogen) atoms. The molecule has 6 saturated heterocycles. The van der Waals surface area contributed by atoms with Gasteiger partial charge in [0.05, 0.1) is 39.1 Å². The molecule has 4 saturated carbocycles. The van der Waals surface area contributed by atoms with Crippen molar-refractivity contribution in [2.75, 3.05) is 33.0 Å². The lowest BCUT2D eigenvalue weighted by Crippen LogP contribution is -2.75. The van der Waals surface area contributed by atoms with Crippen LogP contribution in [0.25, 0.3) is 0 Å². The second-order valence-corrected chi connectivity index (χ2v) is 24.6. The summed E-state index contributed by atoms with van der Waals surface area (Å²) in [4.78, 5) is 0. The fourth-order valence-electron chi connectivity index (χ4n) is 16.6. The lowest BCUT2D eigenvalue weighted by Gasteiger charge is -2.63. The minimum atomic E-state index is -2.45. The van der Waals surface area contributed by atoms with E-state index in [1.807, 2.05) is 0 Å². The predicted molar refractivity (Wildman–Crippen MR) is 248 cm³/mol. The first-order valence-electron chi connectivity index (χ1n) is 27.3. The molecule has 32 atom stereocenters. The zero-order valence-electron chi connectivity index (χ0n) is 42.7. The van der Waals surface area contributed by atoms with Crippen LogP contribution in [0.1, 0.15) is 91.9 Å². The second kappa shape index (κ2) is 21.2. The summed E-state index contributed by atoms with van der Waals surface area (Å²) in [5.74, 6) is -1.71. The van der Waals surface area contributed by atoms with Crippen LogP contribution in [-0.2, 0) is 42.6 Å². The van der Waals surface area contributed by atoms with Crippen molar-refractivity contribution in [3.8, 4) is 0 Å². The molecule has 0 bridgehead atoms. The predicted octanol–water partition coefficient (Wildman–Crippen LogP) is -3.32. The molecule has 0 aromatic carbocycles. The van der Waals surface area contributed by atoms with E-state index < -0.39 is 160 Å². The van der Waals surface area contributed by atoms with E-state index >= 15 is 0 Å². The minimum absolute atomic E-state index is 0.0418. The fourth-order valence-corrected chi connectivity index (χ4v) is 16.6. The van der Waals surface area contributed by atoms with Crippen molar-refractivity contribution in [2.45, 2.75) is 226 Å². The summed E-state index contributed by atoms with van der Waals surface area (Å²) in [5.41, 5.74) is -0.199. The van der Waals surface area contributed by atoms with Crippen LogP contribution in [-0.4, -0.2) is 239 Å². The molecule has 23 heteroatoms. The average Bonchev–Trinajstić information content (AvgIpc) is 3.84. The summed E-state index contributed by atoms with van der Waals surface area (Å²) < 4.78 is 57.8. The molecule has 14 N–H and O–H groups in total. The SMILES string of the molecule is C[C@@H]1CCC2(OC1)O[C@H]1CC3C4CCC5CC([C@@]6(O[C@@H]7O[C@H](CO)[C@@H](O)[C@H](O)[C@H]7O)O[C@@H](CO)[C@H](O)[C@H](O[C@@H]7O[C@H](CO)[C@@H](O)[C@H](O)[C@H]7O)[C@H]6O[C@@H]6O[C@H](CO)[C@@H](O)[C@H](O)[C@H]6O)CC[C@]5(C)C4CC[C@]3(C)[C@H]1[C@@H]2C. The molecule has 23 nitrogen and oxygen atoms in total. The first kappa shape index (κ1) is 56.4. The van der Waals surface area contributed by atoms with Crippen LogP contribution in [0, 0.1) is 58.2 Å². The van der Waals surface area contributed by atoms with Crippen LogP contribution < -0.4 is 0 Å². The number of aliphatic hydroxyl groups excluding tert-OH is 14. The third kappa shape index (κ3) is 8.99. The molecular weight excluding hydrogens is 981 g/mol. The minimum Gasteiger partial charge on any atom is -0.394 e. The molecule has 426 valence electrons. The van der Waals surface area contributed by atoms with E-state index in [1.165, 1.54) is 0 Å². The van der Waals surface area contributed by atoms with E-state index in [0.29, 0.717) is 49.0 Å². The largest absolute Gasteiger partial charge is 0.394 e. The van der Waals surface area contributed by atoms with Gasteiger partial charge in [-0.25, -0.2) is 0 Å². The van der Waals surface area contributed by atoms with Crippen molar-refractivity contribution in [2.24, 2.45) is 58.2 Å². The van der Waals surface area contributed by atoms with E-state index in [4.69, 9.17) is 42.6 Å². The van der Waals surface area contributed by atoms with Gasteiger partial charge in [0.2, 0.25) is 5.79 Å². The molecular formula is C51H84O23. The van der Waals surface area contributed by atoms with Gasteiger partial charge in [-0.05, 0) is 104 Å². The molecule has 1 spiro atoms. The molecule has 10 rings (SSSR count). The molecule has 6 aliphatic heterocycles. The van der Waals surface area contributed by atoms with Gasteiger partial charge < -0.3 is 114 Å². The zero-order valence-corrected chi connectivity index (χ0v) is 42.7. The van der Waals surface area contributed by atoms with Gasteiger partial charge in [0, 0.05) is 18.3 Å². The molecule has 0 aromatic rings. The summed E-state index contributed by atoms with van der Waals surface area (Å²) in [5, 5.41) is 154. The average molecular weight is 1070 g/mol. The number of rotatable bonds is 11. The van der Waals surface area contributed by atoms with Crippen molar-refractivity contribution in [1.82, 2.24) is 0 Å². The summed E-state index contributed by atoms with van der Waals surface area (Å²) >= 11 is 0. The number of hydrogen-bond acceptors (Lipinski definition) is 23. The van der Waals surface area contributed by atoms with Crippen LogP contribution in [0.3, 0.4) is 0 Å². The van der Waals surface area contributed by atoms with Crippen LogP contribution in [0.5, 0.6) is 0 Å². The summed E-state index contributed by atoms with van der Waals surface area (Å²) in [6.07, 6.45) is -27.8. The highest BCUT2D eigenvalue weighted by atomic mass is 16.8. The maximum Gasteiger partial charge on any atom is 0.203 e. The Morgan fingerprint density at radius 1 is 0.500 bits per heavy atom. The second-order valence-electron chi connectivity index (χ2n) is 24.6. The highest BCUT2D eigenvalue weighted by Gasteiger charge is 2.71. The van der Waals surface area contributed by atoms with Gasteiger partial charge >= 0.3 is 0 Å². The third-order valence-corrected chi connectivity index (χ3v) is 20.8. The van der Waals surface area contributed by atoms with E-state index in [9.17, 15) is 71.5 Å². The lowest BCUT2D eigenvalue weighted by atomic mass is 9.43. The fraction of sp³-hybridized carbons (Fsp3) is 1.00. The van der Waals surface area contributed by atoms with Gasteiger partial charge in [0.25, 0.3) is 0 Å². The van der Waals surface area contributed by atoms with Gasteiger partial charge in [-0.2, -0.15) is 0 Å². The molecule has 10 aliphatic rings. The highest BCUT2D eigenvalue weighted by molar-refractivity contribution is 5.17. The van der Waals surface area contributed by atoms with Gasteiger partial charge in [-0.15, -0.1) is 0 Å². The molecule has 0 aromatic heterocycles. The molecule has 6 heterocycles. The third-order valence-electron chi connectivity index (χ3n) is 20.8. The maximum atomic E-state index is 12.2. The lowest BCUT2D eigenvalue weighted by molar-refractivity contribution is -0.466. The Bertz CT molecular complexity index is 1910. The van der Waals surface area contributed by atoms with Crippen LogP contribution in [0.2, 0.25) is 0 Å². The van der Waals surface area contributed by atoms with E-state index in [0.717, 1.165) is 44.9 Å². The first-order valence-corrected chi connectivity index (χ1v) is 27.3. The Labute approximate surface area is 430 Å². The Morgan fingerprint density at radius 2 is 1.05 bits per heavy atom. The molecule has 6 unspecified atom stereocenters. The quantitative estimate of drug-likeness (QED) is 0.0963. The van der Waals surface area contributed by atoms with Crippen molar-refractivity contribution in [3.63, 3.8) is 0 Å². The summed E-state index contributed by atoms with van der Waals surface area (Å²) in [7, 11) is 0. The van der Waals surface area contributed by atoms with Crippen molar-refractivity contribution in [1.29, 1.82) is 0 Å². The molecule has 10 fully saturated rings. The smallest absolute Gasteiger partial charge is 0.203 e. The first-order chi connectivity index (χ1) is 35.1. The number of fused-ring (bicyclic) bond motifs is 7. The summed E-state index contributed by atoms with van der Waals surface area (Å²) in [6.45, 7) is 6.53. The van der Waals surface area contributed by atoms with Gasteiger partial charge in [-0.3, -0.25) is 0 Å². The Hall–Kier alpha value is -0.920. The van der Waals surface area contributed by atoms with Crippen LogP contribution in [0.15, 0.2) is 0 Å². The van der Waals surface area contributed by atoms with Gasteiger partial charge in [0.1, 0.15) is 97.7 Å². The highest BCUT2D eigenvalue weighted by Crippen LogP contribution is 2.72. The molecule has 4 aliphatic carbocycles. The van der Waals surface area contributed by atoms with Crippen LogP contribution in [0.4, 0.5) is 0 Å². The van der Waals surface area contributed by atoms with Gasteiger partial charge in [-0.1, -0.05) is 27.7 Å². The Balaban J connectivity index is 1.01. The van der Waals surface area contributed by atoms with E-state index in [2.05, 4.69) is 27.7 Å². The van der Waals surface area contributed by atoms with Crippen molar-refractivity contribution < 1.29 is 114 Å². The molecule has 0 amide bonds. The monoisotopic (exact) mass is 1060 g/mol. The van der Waals surface area contributed by atoms with Crippen molar-refractivity contribution >= 4 is 0 Å². The van der Waals surface area contributed by atoms with E-state index in [1.54, 1.807) is 0 Å². The maximum absolute atomic E-state index is 12.2. The summed E-state index contributed by atoms with van der Waals surface area (Å²) in [6, 6.07) is 0. The van der Waals surface area contributed by atoms with Crippen LogP contribution >= 0.6 is 0 Å². The zero-order chi connectivity index (χ0) is 53.1. The van der Waals surface area contributed by atoms with Crippen molar-refractivity contribution in [3.05, 3.63) is 0 Å². The number of hydrogen-bond donors (Lipinski definition) is 14. The Kier molecular flexibility index (Phi) is 16.1. The standard InChI is InChI=1S/C51H84O23/c1-20-7-12-50(66-19-20)21(2)32-27(72-50)14-26-24-6-5-22-13-23(8-10-48(22,3)25(24)9-11-49(26,32)4)51(74-47-42(65)39(62)35(58)30(17-54)69-47)44(71-46-41(64)38(61)34(57)29(16-53)68-46)43(36(59)31(18-55)73-51)70-45-40(63)37(60)33(56)28(15-52)67-45/h20-47,52-65H,5-19H2,1-4H3/t20-,21+,22?,23?,24?,25?,26?,27+,28-,29-,30-,31+,32+,33-,34-,35-,36+,37+,38+,39+,40-,41-,42-,43+,44-,45+,46+,47+,48+,49+,50?,51+/m1/s1. The van der Waals surface area contributed by atoms with Gasteiger partial charge in [0.15, 0.2) is 24.7 Å². The number of aliphatic hydroxyl groups is 14.